The van der Waals surface area contributed by atoms with Gasteiger partial charge in [0.25, 0.3) is 0 Å². The summed E-state index contributed by atoms with van der Waals surface area (Å²) in [7, 11) is 0. The zero-order valence-electron chi connectivity index (χ0n) is 11.5. The van der Waals surface area contributed by atoms with Crippen molar-refractivity contribution in [2.24, 2.45) is 5.41 Å². The van der Waals surface area contributed by atoms with Gasteiger partial charge in [-0.25, -0.2) is 4.39 Å². The average molecular weight is 330 g/mol. The molecule has 0 aliphatic heterocycles. The van der Waals surface area contributed by atoms with Gasteiger partial charge in [0.1, 0.15) is 5.82 Å². The molecule has 0 bridgehead atoms. The monoisotopic (exact) mass is 329 g/mol. The number of rotatable bonds is 7. The van der Waals surface area contributed by atoms with Gasteiger partial charge in [-0.3, -0.25) is 4.79 Å². The Morgan fingerprint density at radius 1 is 1.37 bits per heavy atom. The molecule has 1 N–H and O–H groups in total. The second-order valence-corrected chi connectivity index (χ2v) is 6.29. The molecule has 0 unspecified atom stereocenters. The Bertz CT molecular complexity index is 420. The van der Waals surface area contributed by atoms with Crippen LogP contribution in [0.15, 0.2) is 24.3 Å². The fourth-order valence-electron chi connectivity index (χ4n) is 1.85. The third kappa shape index (κ3) is 6.19. The SMILES string of the molecule is CC(C)(CCCBr)CNC(=O)Cc1ccccc1F. The molecule has 1 aromatic carbocycles. The Kier molecular flexibility index (Phi) is 6.49. The first-order valence-electron chi connectivity index (χ1n) is 6.51. The van der Waals surface area contributed by atoms with Crippen molar-refractivity contribution in [3.8, 4) is 0 Å². The number of amides is 1. The highest BCUT2D eigenvalue weighted by Crippen LogP contribution is 2.21. The molecule has 0 aliphatic rings. The minimum atomic E-state index is -0.323. The van der Waals surface area contributed by atoms with E-state index >= 15 is 0 Å². The summed E-state index contributed by atoms with van der Waals surface area (Å²) in [4.78, 5) is 11.8. The average Bonchev–Trinajstić information content (AvgIpc) is 2.37. The second-order valence-electron chi connectivity index (χ2n) is 5.50. The van der Waals surface area contributed by atoms with E-state index in [1.807, 2.05) is 0 Å². The van der Waals surface area contributed by atoms with E-state index in [2.05, 4.69) is 35.1 Å². The summed E-state index contributed by atoms with van der Waals surface area (Å²) >= 11 is 3.41. The van der Waals surface area contributed by atoms with Crippen LogP contribution in [-0.2, 0) is 11.2 Å². The van der Waals surface area contributed by atoms with Crippen molar-refractivity contribution >= 4 is 21.8 Å². The summed E-state index contributed by atoms with van der Waals surface area (Å²) in [6.07, 6.45) is 2.22. The highest BCUT2D eigenvalue weighted by molar-refractivity contribution is 9.09. The fraction of sp³-hybridized carbons (Fsp3) is 0.533. The van der Waals surface area contributed by atoms with Crippen molar-refractivity contribution in [1.29, 1.82) is 0 Å². The largest absolute Gasteiger partial charge is 0.355 e. The number of carbonyl (C=O) groups excluding carboxylic acids is 1. The zero-order valence-corrected chi connectivity index (χ0v) is 13.1. The van der Waals surface area contributed by atoms with E-state index in [9.17, 15) is 9.18 Å². The van der Waals surface area contributed by atoms with Crippen LogP contribution in [0.3, 0.4) is 0 Å². The molecular weight excluding hydrogens is 309 g/mol. The van der Waals surface area contributed by atoms with Crippen molar-refractivity contribution in [1.82, 2.24) is 5.32 Å². The minimum absolute atomic E-state index is 0.0681. The molecule has 0 aromatic heterocycles. The molecule has 1 aromatic rings. The van der Waals surface area contributed by atoms with Gasteiger partial charge in [-0.05, 0) is 29.9 Å². The molecule has 0 atom stereocenters. The number of hydrogen-bond acceptors (Lipinski definition) is 1. The lowest BCUT2D eigenvalue weighted by Crippen LogP contribution is -2.35. The topological polar surface area (TPSA) is 29.1 Å². The lowest BCUT2D eigenvalue weighted by Gasteiger charge is -2.24. The van der Waals surface area contributed by atoms with Crippen LogP contribution in [0.25, 0.3) is 0 Å². The van der Waals surface area contributed by atoms with Crippen molar-refractivity contribution in [3.05, 3.63) is 35.6 Å². The third-order valence-corrected chi connectivity index (χ3v) is 3.62. The normalized spacial score (nSPS) is 11.4. The maximum Gasteiger partial charge on any atom is 0.224 e. The Morgan fingerprint density at radius 3 is 2.68 bits per heavy atom. The molecule has 1 amide bonds. The predicted molar refractivity (Wildman–Crippen MR) is 79.9 cm³/mol. The van der Waals surface area contributed by atoms with Crippen molar-refractivity contribution < 1.29 is 9.18 Å². The van der Waals surface area contributed by atoms with Gasteiger partial charge in [0.15, 0.2) is 0 Å². The van der Waals surface area contributed by atoms with Gasteiger partial charge in [-0.2, -0.15) is 0 Å². The lowest BCUT2D eigenvalue weighted by atomic mass is 9.88. The van der Waals surface area contributed by atoms with Crippen LogP contribution in [0.4, 0.5) is 4.39 Å². The van der Waals surface area contributed by atoms with E-state index in [0.717, 1.165) is 18.2 Å². The summed E-state index contributed by atoms with van der Waals surface area (Å²) in [5.74, 6) is -0.451. The first-order valence-corrected chi connectivity index (χ1v) is 7.63. The molecule has 0 aliphatic carbocycles. The molecule has 0 heterocycles. The molecule has 1 rings (SSSR count). The van der Waals surface area contributed by atoms with Crippen LogP contribution in [-0.4, -0.2) is 17.8 Å². The number of nitrogens with one attached hydrogen (secondary N) is 1. The Balaban J connectivity index is 2.42. The molecule has 0 saturated carbocycles. The molecule has 0 saturated heterocycles. The summed E-state index contributed by atoms with van der Waals surface area (Å²) < 4.78 is 13.4. The van der Waals surface area contributed by atoms with Crippen molar-refractivity contribution in [2.45, 2.75) is 33.1 Å². The summed E-state index contributed by atoms with van der Waals surface area (Å²) in [5.41, 5.74) is 0.511. The van der Waals surface area contributed by atoms with Gasteiger partial charge >= 0.3 is 0 Å². The Morgan fingerprint density at radius 2 is 2.05 bits per heavy atom. The first kappa shape index (κ1) is 16.2. The van der Waals surface area contributed by atoms with Gasteiger partial charge in [0, 0.05) is 11.9 Å². The van der Waals surface area contributed by atoms with Crippen LogP contribution in [0.2, 0.25) is 0 Å². The summed E-state index contributed by atoms with van der Waals surface area (Å²) in [5, 5.41) is 3.86. The number of hydrogen-bond donors (Lipinski definition) is 1. The van der Waals surface area contributed by atoms with Crippen LogP contribution >= 0.6 is 15.9 Å². The molecule has 2 nitrogen and oxygen atoms in total. The smallest absolute Gasteiger partial charge is 0.224 e. The van der Waals surface area contributed by atoms with Gasteiger partial charge in [0.2, 0.25) is 5.91 Å². The van der Waals surface area contributed by atoms with E-state index in [1.165, 1.54) is 6.07 Å². The predicted octanol–water partition coefficient (Wildman–Crippen LogP) is 3.69. The molecular formula is C15H21BrFNO. The molecule has 106 valence electrons. The van der Waals surface area contributed by atoms with E-state index in [0.29, 0.717) is 12.1 Å². The number of benzene rings is 1. The van der Waals surface area contributed by atoms with E-state index in [1.54, 1.807) is 18.2 Å². The minimum Gasteiger partial charge on any atom is -0.355 e. The molecule has 0 spiro atoms. The van der Waals surface area contributed by atoms with Crippen LogP contribution < -0.4 is 5.32 Å². The highest BCUT2D eigenvalue weighted by Gasteiger charge is 2.18. The third-order valence-electron chi connectivity index (χ3n) is 3.06. The van der Waals surface area contributed by atoms with Crippen LogP contribution in [0.5, 0.6) is 0 Å². The number of alkyl halides is 1. The van der Waals surface area contributed by atoms with Crippen LogP contribution in [0, 0.1) is 11.2 Å². The van der Waals surface area contributed by atoms with Gasteiger partial charge < -0.3 is 5.32 Å². The number of carbonyl (C=O) groups is 1. The molecule has 0 radical (unpaired) electrons. The number of halogens is 2. The maximum atomic E-state index is 13.4. The van der Waals surface area contributed by atoms with E-state index in [-0.39, 0.29) is 23.6 Å². The fourth-order valence-corrected chi connectivity index (χ4v) is 2.13. The Labute approximate surface area is 122 Å². The van der Waals surface area contributed by atoms with Gasteiger partial charge in [-0.1, -0.05) is 48.0 Å². The summed E-state index contributed by atoms with van der Waals surface area (Å²) in [6.45, 7) is 4.87. The van der Waals surface area contributed by atoms with Crippen molar-refractivity contribution in [3.63, 3.8) is 0 Å². The second kappa shape index (κ2) is 7.63. The quantitative estimate of drug-likeness (QED) is 0.759. The molecule has 4 heteroatoms. The molecule has 19 heavy (non-hydrogen) atoms. The molecule has 0 fully saturated rings. The van der Waals surface area contributed by atoms with Crippen LogP contribution in [0.1, 0.15) is 32.3 Å². The Hall–Kier alpha value is -0.900. The lowest BCUT2D eigenvalue weighted by molar-refractivity contribution is -0.120. The maximum absolute atomic E-state index is 13.4. The van der Waals surface area contributed by atoms with Gasteiger partial charge in [-0.15, -0.1) is 0 Å². The van der Waals surface area contributed by atoms with E-state index in [4.69, 9.17) is 0 Å². The zero-order chi connectivity index (χ0) is 14.3. The standard InChI is InChI=1S/C15H21BrFNO/c1-15(2,8-5-9-16)11-18-14(19)10-12-6-3-4-7-13(12)17/h3-4,6-7H,5,8-11H2,1-2H3,(H,18,19). The van der Waals surface area contributed by atoms with Crippen molar-refractivity contribution in [2.75, 3.05) is 11.9 Å². The first-order chi connectivity index (χ1) is 8.94. The summed E-state index contributed by atoms with van der Waals surface area (Å²) in [6, 6.07) is 6.39. The van der Waals surface area contributed by atoms with Gasteiger partial charge in [0.05, 0.1) is 6.42 Å². The highest BCUT2D eigenvalue weighted by atomic mass is 79.9. The van der Waals surface area contributed by atoms with E-state index < -0.39 is 0 Å².